The number of carbonyl (C=O) groups is 1. The fourth-order valence-corrected chi connectivity index (χ4v) is 3.19. The summed E-state index contributed by atoms with van der Waals surface area (Å²) in [5.41, 5.74) is 1.10. The van der Waals surface area contributed by atoms with Crippen LogP contribution in [0.2, 0.25) is 0 Å². The van der Waals surface area contributed by atoms with Gasteiger partial charge in [-0.2, -0.15) is 5.10 Å². The van der Waals surface area contributed by atoms with Gasteiger partial charge in [-0.1, -0.05) is 0 Å². The maximum absolute atomic E-state index is 12.4. The maximum Gasteiger partial charge on any atom is 0.251 e. The second kappa shape index (κ2) is 7.65. The molecule has 8 heteroatoms. The molecule has 0 bridgehead atoms. The molecular weight excluding hydrogens is 308 g/mol. The third kappa shape index (κ3) is 3.69. The Morgan fingerprint density at radius 1 is 1.38 bits per heavy atom. The summed E-state index contributed by atoms with van der Waals surface area (Å²) >= 11 is 0. The van der Waals surface area contributed by atoms with Crippen LogP contribution in [0.5, 0.6) is 0 Å². The molecule has 132 valence electrons. The van der Waals surface area contributed by atoms with Crippen molar-refractivity contribution in [2.45, 2.75) is 25.5 Å². The van der Waals surface area contributed by atoms with E-state index in [9.17, 15) is 4.79 Å². The molecule has 3 rings (SSSR count). The Hall–Kier alpha value is -2.09. The van der Waals surface area contributed by atoms with Crippen LogP contribution < -0.4 is 5.32 Å². The molecule has 0 aliphatic carbocycles. The highest BCUT2D eigenvalue weighted by Gasteiger charge is 2.30. The van der Waals surface area contributed by atoms with Crippen molar-refractivity contribution in [1.82, 2.24) is 24.9 Å². The lowest BCUT2D eigenvalue weighted by molar-refractivity contribution is -0.142. The number of carbonyl (C=O) groups excluding carboxylic acids is 1. The first kappa shape index (κ1) is 16.8. The van der Waals surface area contributed by atoms with Crippen LogP contribution in [0.25, 0.3) is 0 Å². The van der Waals surface area contributed by atoms with E-state index in [4.69, 9.17) is 4.74 Å². The Balaban J connectivity index is 1.49. The highest BCUT2D eigenvalue weighted by Crippen LogP contribution is 2.16. The van der Waals surface area contributed by atoms with Crippen LogP contribution in [0, 0.1) is 0 Å². The Bertz CT molecular complexity index is 585. The minimum atomic E-state index is -0.223. The highest BCUT2D eigenvalue weighted by molar-refractivity contribution is 5.82. The minimum Gasteiger partial charge on any atom is -0.368 e. The lowest BCUT2D eigenvalue weighted by Gasteiger charge is -2.37. The summed E-state index contributed by atoms with van der Waals surface area (Å²) in [5, 5.41) is 7.54. The summed E-state index contributed by atoms with van der Waals surface area (Å²) in [6, 6.07) is 1.98. The van der Waals surface area contributed by atoms with Crippen molar-refractivity contribution in [1.29, 1.82) is 0 Å². The van der Waals surface area contributed by atoms with E-state index < -0.39 is 0 Å². The van der Waals surface area contributed by atoms with Crippen molar-refractivity contribution in [3.63, 3.8) is 0 Å². The molecule has 8 nitrogen and oxygen atoms in total. The molecule has 1 aromatic heterocycles. The maximum atomic E-state index is 12.4. The van der Waals surface area contributed by atoms with Crippen molar-refractivity contribution >= 4 is 11.9 Å². The fraction of sp³-hybridized carbons (Fsp3) is 0.688. The number of nitrogens with one attached hydrogen (secondary N) is 1. The molecule has 0 aromatic carbocycles. The van der Waals surface area contributed by atoms with Gasteiger partial charge in [-0.3, -0.25) is 14.5 Å². The number of piperazine rings is 1. The van der Waals surface area contributed by atoms with Gasteiger partial charge in [0.05, 0.1) is 12.2 Å². The van der Waals surface area contributed by atoms with Gasteiger partial charge in [-0.05, 0) is 18.9 Å². The zero-order chi connectivity index (χ0) is 16.9. The Morgan fingerprint density at radius 2 is 2.12 bits per heavy atom. The minimum absolute atomic E-state index is 0.144. The summed E-state index contributed by atoms with van der Waals surface area (Å²) < 4.78 is 7.35. The van der Waals surface area contributed by atoms with Crippen LogP contribution in [-0.4, -0.2) is 77.4 Å². The van der Waals surface area contributed by atoms with E-state index in [-0.39, 0.29) is 12.0 Å². The third-order valence-electron chi connectivity index (χ3n) is 4.66. The number of guanidine groups is 1. The quantitative estimate of drug-likeness (QED) is 0.613. The molecule has 0 radical (unpaired) electrons. The van der Waals surface area contributed by atoms with Crippen molar-refractivity contribution < 1.29 is 9.53 Å². The van der Waals surface area contributed by atoms with Crippen LogP contribution in [0.15, 0.2) is 17.3 Å². The number of aliphatic imine (C=N–C) groups is 1. The number of hydrogen-bond acceptors (Lipinski definition) is 4. The lowest BCUT2D eigenvalue weighted by Crippen LogP contribution is -2.55. The predicted molar refractivity (Wildman–Crippen MR) is 90.5 cm³/mol. The van der Waals surface area contributed by atoms with E-state index in [1.54, 1.807) is 13.2 Å². The molecule has 2 aliphatic heterocycles. The molecule has 0 saturated carbocycles. The van der Waals surface area contributed by atoms with Crippen LogP contribution >= 0.6 is 0 Å². The van der Waals surface area contributed by atoms with Gasteiger partial charge in [-0.25, -0.2) is 0 Å². The van der Waals surface area contributed by atoms with Crippen molar-refractivity contribution in [2.24, 2.45) is 12.0 Å². The smallest absolute Gasteiger partial charge is 0.251 e. The SMILES string of the molecule is CN=C(NCc1ccnn1C)N1CCN(C(=O)C2CCCO2)CC1. The number of hydrogen-bond donors (Lipinski definition) is 1. The van der Waals surface area contributed by atoms with Crippen molar-refractivity contribution in [2.75, 3.05) is 39.8 Å². The van der Waals surface area contributed by atoms with Crippen molar-refractivity contribution in [3.8, 4) is 0 Å². The van der Waals surface area contributed by atoms with E-state index in [0.717, 1.165) is 37.6 Å². The zero-order valence-corrected chi connectivity index (χ0v) is 14.4. The zero-order valence-electron chi connectivity index (χ0n) is 14.4. The number of aryl methyl sites for hydroxylation is 1. The van der Waals surface area contributed by atoms with Crippen LogP contribution in [0.3, 0.4) is 0 Å². The summed E-state index contributed by atoms with van der Waals surface area (Å²) in [7, 11) is 3.71. The first-order valence-corrected chi connectivity index (χ1v) is 8.52. The van der Waals surface area contributed by atoms with Gasteiger partial charge in [0.25, 0.3) is 5.91 Å². The van der Waals surface area contributed by atoms with Gasteiger partial charge in [0.15, 0.2) is 5.96 Å². The average Bonchev–Trinajstić information content (AvgIpc) is 3.27. The Kier molecular flexibility index (Phi) is 5.34. The Morgan fingerprint density at radius 3 is 2.71 bits per heavy atom. The van der Waals surface area contributed by atoms with Gasteiger partial charge in [0.1, 0.15) is 6.10 Å². The lowest BCUT2D eigenvalue weighted by atomic mass is 10.2. The molecule has 2 aliphatic rings. The summed E-state index contributed by atoms with van der Waals surface area (Å²) in [6.07, 6.45) is 3.40. The Labute approximate surface area is 142 Å². The molecule has 1 unspecified atom stereocenters. The molecular formula is C16H26N6O2. The second-order valence-electron chi connectivity index (χ2n) is 6.16. The molecule has 1 aromatic rings. The molecule has 3 heterocycles. The number of ether oxygens (including phenoxy) is 1. The van der Waals surface area contributed by atoms with Gasteiger partial charge >= 0.3 is 0 Å². The van der Waals surface area contributed by atoms with Gasteiger partial charge in [0, 0.05) is 53.1 Å². The van der Waals surface area contributed by atoms with E-state index >= 15 is 0 Å². The summed E-state index contributed by atoms with van der Waals surface area (Å²) in [5.74, 6) is 1.00. The third-order valence-corrected chi connectivity index (χ3v) is 4.66. The molecule has 1 amide bonds. The fourth-order valence-electron chi connectivity index (χ4n) is 3.19. The van der Waals surface area contributed by atoms with Crippen LogP contribution in [0.1, 0.15) is 18.5 Å². The molecule has 1 N–H and O–H groups in total. The van der Waals surface area contributed by atoms with Crippen LogP contribution in [0.4, 0.5) is 0 Å². The number of rotatable bonds is 3. The summed E-state index contributed by atoms with van der Waals surface area (Å²) in [6.45, 7) is 4.38. The van der Waals surface area contributed by atoms with E-state index in [1.807, 2.05) is 22.7 Å². The number of nitrogens with zero attached hydrogens (tertiary/aromatic N) is 5. The predicted octanol–water partition coefficient (Wildman–Crippen LogP) is -0.181. The topological polar surface area (TPSA) is 75.0 Å². The first-order chi connectivity index (χ1) is 11.7. The monoisotopic (exact) mass is 334 g/mol. The highest BCUT2D eigenvalue weighted by atomic mass is 16.5. The molecule has 24 heavy (non-hydrogen) atoms. The largest absolute Gasteiger partial charge is 0.368 e. The van der Waals surface area contributed by atoms with E-state index in [0.29, 0.717) is 26.2 Å². The molecule has 2 saturated heterocycles. The number of aromatic nitrogens is 2. The summed E-state index contributed by atoms with van der Waals surface area (Å²) in [4.78, 5) is 20.9. The van der Waals surface area contributed by atoms with E-state index in [2.05, 4.69) is 20.3 Å². The van der Waals surface area contributed by atoms with Crippen molar-refractivity contribution in [3.05, 3.63) is 18.0 Å². The van der Waals surface area contributed by atoms with E-state index in [1.165, 1.54) is 0 Å². The first-order valence-electron chi connectivity index (χ1n) is 8.52. The van der Waals surface area contributed by atoms with Gasteiger partial charge in [-0.15, -0.1) is 0 Å². The molecule has 1 atom stereocenters. The molecule has 0 spiro atoms. The second-order valence-corrected chi connectivity index (χ2v) is 6.16. The standard InChI is InChI=1S/C16H26N6O2/c1-17-16(18-12-13-5-6-19-20(13)2)22-9-7-21(8-10-22)15(23)14-4-3-11-24-14/h5-6,14H,3-4,7-12H2,1-2H3,(H,17,18). The van der Waals surface area contributed by atoms with Gasteiger partial charge < -0.3 is 19.9 Å². The normalized spacial score (nSPS) is 22.1. The number of amides is 1. The average molecular weight is 334 g/mol. The van der Waals surface area contributed by atoms with Gasteiger partial charge in [0.2, 0.25) is 0 Å². The molecule has 2 fully saturated rings. The van der Waals surface area contributed by atoms with Crippen LogP contribution in [-0.2, 0) is 23.1 Å².